The van der Waals surface area contributed by atoms with Crippen LogP contribution in [-0.4, -0.2) is 21.0 Å². The van der Waals surface area contributed by atoms with Crippen LogP contribution in [0, 0.1) is 13.8 Å². The number of fused-ring (bicyclic) bond motifs is 1. The lowest BCUT2D eigenvalue weighted by Crippen LogP contribution is -2.23. The Morgan fingerprint density at radius 3 is 2.63 bits per heavy atom. The van der Waals surface area contributed by atoms with Crippen LogP contribution in [0.25, 0.3) is 22.3 Å². The van der Waals surface area contributed by atoms with E-state index in [1.54, 1.807) is 6.07 Å². The van der Waals surface area contributed by atoms with Crippen molar-refractivity contribution in [3.8, 4) is 11.4 Å². The normalized spacial score (nSPS) is 11.0. The topological polar surface area (TPSA) is 101 Å². The molecule has 0 aliphatic heterocycles. The Morgan fingerprint density at radius 2 is 1.83 bits per heavy atom. The van der Waals surface area contributed by atoms with E-state index in [1.165, 1.54) is 5.56 Å². The molecule has 4 aromatic rings. The number of aromatic amines is 1. The number of hydrogen-bond acceptors (Lipinski definition) is 5. The van der Waals surface area contributed by atoms with E-state index in [2.05, 4.69) is 20.4 Å². The SMILES string of the molecule is Cc1ccc(CNC(=O)CCc2nc(-c3cc4cc(C)ccc4[nH]c3=O)no2)cc1. The van der Waals surface area contributed by atoms with Crippen LogP contribution in [0.15, 0.2) is 57.8 Å². The molecule has 2 N–H and O–H groups in total. The molecular weight excluding hydrogens is 380 g/mol. The molecule has 2 aromatic heterocycles. The number of carbonyl (C=O) groups is 1. The van der Waals surface area contributed by atoms with Crippen molar-refractivity contribution >= 4 is 16.8 Å². The van der Waals surface area contributed by atoms with Gasteiger partial charge in [-0.1, -0.05) is 46.6 Å². The zero-order valence-electron chi connectivity index (χ0n) is 16.9. The zero-order chi connectivity index (χ0) is 21.1. The summed E-state index contributed by atoms with van der Waals surface area (Å²) in [5.41, 5.74) is 4.12. The number of nitrogens with zero attached hydrogens (tertiary/aromatic N) is 2. The van der Waals surface area contributed by atoms with Crippen molar-refractivity contribution in [2.24, 2.45) is 0 Å². The Balaban J connectivity index is 1.40. The molecule has 0 spiro atoms. The maximum Gasteiger partial charge on any atom is 0.259 e. The molecule has 0 aliphatic rings. The summed E-state index contributed by atoms with van der Waals surface area (Å²) in [5, 5.41) is 7.69. The number of carbonyl (C=O) groups excluding carboxylic acids is 1. The fourth-order valence-electron chi connectivity index (χ4n) is 3.17. The number of aromatic nitrogens is 3. The van der Waals surface area contributed by atoms with E-state index >= 15 is 0 Å². The van der Waals surface area contributed by atoms with Gasteiger partial charge in [-0.3, -0.25) is 9.59 Å². The Kier molecular flexibility index (Phi) is 5.43. The monoisotopic (exact) mass is 402 g/mol. The summed E-state index contributed by atoms with van der Waals surface area (Å²) < 4.78 is 5.24. The van der Waals surface area contributed by atoms with Gasteiger partial charge in [-0.25, -0.2) is 0 Å². The molecule has 0 radical (unpaired) electrons. The first-order chi connectivity index (χ1) is 14.5. The van der Waals surface area contributed by atoms with Gasteiger partial charge in [0.2, 0.25) is 17.6 Å². The minimum atomic E-state index is -0.283. The number of amides is 1. The molecule has 30 heavy (non-hydrogen) atoms. The number of H-pyrrole nitrogens is 1. The van der Waals surface area contributed by atoms with Crippen molar-refractivity contribution in [1.29, 1.82) is 0 Å². The fourth-order valence-corrected chi connectivity index (χ4v) is 3.17. The second-order valence-corrected chi connectivity index (χ2v) is 7.38. The number of benzene rings is 2. The van der Waals surface area contributed by atoms with E-state index in [-0.39, 0.29) is 23.7 Å². The lowest BCUT2D eigenvalue weighted by molar-refractivity contribution is -0.121. The highest BCUT2D eigenvalue weighted by Crippen LogP contribution is 2.18. The largest absolute Gasteiger partial charge is 0.352 e. The van der Waals surface area contributed by atoms with Crippen LogP contribution in [0.5, 0.6) is 0 Å². The molecule has 4 rings (SSSR count). The van der Waals surface area contributed by atoms with Crippen molar-refractivity contribution in [2.45, 2.75) is 33.2 Å². The van der Waals surface area contributed by atoms with Crippen LogP contribution in [0.3, 0.4) is 0 Å². The van der Waals surface area contributed by atoms with Crippen molar-refractivity contribution < 1.29 is 9.32 Å². The first-order valence-electron chi connectivity index (χ1n) is 9.77. The Morgan fingerprint density at radius 1 is 1.07 bits per heavy atom. The lowest BCUT2D eigenvalue weighted by Gasteiger charge is -2.04. The van der Waals surface area contributed by atoms with E-state index in [9.17, 15) is 9.59 Å². The fraction of sp³-hybridized carbons (Fsp3) is 0.217. The van der Waals surface area contributed by atoms with Crippen LogP contribution >= 0.6 is 0 Å². The maximum absolute atomic E-state index is 12.4. The second-order valence-electron chi connectivity index (χ2n) is 7.38. The highest BCUT2D eigenvalue weighted by molar-refractivity contribution is 5.83. The van der Waals surface area contributed by atoms with Crippen molar-refractivity contribution in [2.75, 3.05) is 0 Å². The summed E-state index contributed by atoms with van der Waals surface area (Å²) in [7, 11) is 0. The molecule has 0 unspecified atom stereocenters. The van der Waals surface area contributed by atoms with Gasteiger partial charge in [0, 0.05) is 24.9 Å². The molecule has 1 amide bonds. The zero-order valence-corrected chi connectivity index (χ0v) is 16.9. The number of aryl methyl sites for hydroxylation is 3. The molecule has 7 nitrogen and oxygen atoms in total. The Hall–Kier alpha value is -3.74. The molecule has 2 heterocycles. The van der Waals surface area contributed by atoms with Crippen LogP contribution in [0.1, 0.15) is 29.0 Å². The van der Waals surface area contributed by atoms with Gasteiger partial charge in [-0.2, -0.15) is 4.98 Å². The van der Waals surface area contributed by atoms with E-state index in [1.807, 2.05) is 56.3 Å². The van der Waals surface area contributed by atoms with Gasteiger partial charge in [0.25, 0.3) is 5.56 Å². The molecule has 7 heteroatoms. The highest BCUT2D eigenvalue weighted by atomic mass is 16.5. The van der Waals surface area contributed by atoms with E-state index in [0.29, 0.717) is 24.4 Å². The number of hydrogen-bond donors (Lipinski definition) is 2. The van der Waals surface area contributed by atoms with Crippen LogP contribution in [-0.2, 0) is 17.8 Å². The molecule has 0 saturated carbocycles. The predicted octanol–water partition coefficient (Wildman–Crippen LogP) is 3.44. The molecule has 0 aliphatic carbocycles. The number of pyridine rings is 1. The van der Waals surface area contributed by atoms with Crippen LogP contribution in [0.4, 0.5) is 0 Å². The van der Waals surface area contributed by atoms with Crippen LogP contribution < -0.4 is 10.9 Å². The third kappa shape index (κ3) is 4.46. The second kappa shape index (κ2) is 8.32. The van der Waals surface area contributed by atoms with Crippen LogP contribution in [0.2, 0.25) is 0 Å². The van der Waals surface area contributed by atoms with Gasteiger partial charge in [0.05, 0.1) is 5.56 Å². The van der Waals surface area contributed by atoms with Gasteiger partial charge in [-0.15, -0.1) is 0 Å². The summed E-state index contributed by atoms with van der Waals surface area (Å²) >= 11 is 0. The molecule has 152 valence electrons. The quantitative estimate of drug-likeness (QED) is 0.514. The minimum absolute atomic E-state index is 0.102. The van der Waals surface area contributed by atoms with E-state index in [0.717, 1.165) is 22.0 Å². The number of rotatable bonds is 6. The van der Waals surface area contributed by atoms with Gasteiger partial charge in [-0.05, 0) is 43.0 Å². The van der Waals surface area contributed by atoms with Gasteiger partial charge in [0.1, 0.15) is 0 Å². The summed E-state index contributed by atoms with van der Waals surface area (Å²) in [6, 6.07) is 15.5. The highest BCUT2D eigenvalue weighted by Gasteiger charge is 2.14. The van der Waals surface area contributed by atoms with Crippen molar-refractivity contribution in [3.05, 3.63) is 81.5 Å². The third-order valence-electron chi connectivity index (χ3n) is 4.88. The predicted molar refractivity (Wildman–Crippen MR) is 114 cm³/mol. The standard InChI is InChI=1S/C23H22N4O3/c1-14-3-6-16(7-4-14)13-24-20(28)9-10-21-26-22(27-30-21)18-12-17-11-15(2)5-8-19(17)25-23(18)29/h3-8,11-12H,9-10,13H2,1-2H3,(H,24,28)(H,25,29). The molecule has 0 atom stereocenters. The average molecular weight is 402 g/mol. The van der Waals surface area contributed by atoms with Gasteiger partial charge >= 0.3 is 0 Å². The molecule has 0 fully saturated rings. The Labute approximate surface area is 173 Å². The van der Waals surface area contributed by atoms with Crippen molar-refractivity contribution in [3.63, 3.8) is 0 Å². The first-order valence-corrected chi connectivity index (χ1v) is 9.77. The van der Waals surface area contributed by atoms with Crippen molar-refractivity contribution in [1.82, 2.24) is 20.4 Å². The van der Waals surface area contributed by atoms with Gasteiger partial charge < -0.3 is 14.8 Å². The minimum Gasteiger partial charge on any atom is -0.352 e. The van der Waals surface area contributed by atoms with E-state index in [4.69, 9.17) is 4.52 Å². The average Bonchev–Trinajstić information content (AvgIpc) is 3.20. The Bertz CT molecular complexity index is 1260. The summed E-state index contributed by atoms with van der Waals surface area (Å²) in [6.07, 6.45) is 0.526. The molecule has 0 bridgehead atoms. The summed E-state index contributed by atoms with van der Waals surface area (Å²) in [6.45, 7) is 4.48. The maximum atomic E-state index is 12.4. The lowest BCUT2D eigenvalue weighted by atomic mass is 10.1. The smallest absolute Gasteiger partial charge is 0.259 e. The molecule has 0 saturated heterocycles. The van der Waals surface area contributed by atoms with E-state index < -0.39 is 0 Å². The van der Waals surface area contributed by atoms with Gasteiger partial charge in [0.15, 0.2) is 0 Å². The summed E-state index contributed by atoms with van der Waals surface area (Å²) in [5.74, 6) is 0.434. The third-order valence-corrected chi connectivity index (χ3v) is 4.88. The molecule has 2 aromatic carbocycles. The first kappa shape index (κ1) is 19.6. The molecular formula is C23H22N4O3. The summed E-state index contributed by atoms with van der Waals surface area (Å²) in [4.78, 5) is 31.6. The number of nitrogens with one attached hydrogen (secondary N) is 2.